The van der Waals surface area contributed by atoms with Crippen molar-refractivity contribution in [1.29, 1.82) is 0 Å². The number of aromatic nitrogens is 2. The molecule has 100 valence electrons. The van der Waals surface area contributed by atoms with Gasteiger partial charge < -0.3 is 5.11 Å². The topological polar surface area (TPSA) is 49.2 Å². The van der Waals surface area contributed by atoms with Crippen LogP contribution in [0.3, 0.4) is 0 Å². The summed E-state index contributed by atoms with van der Waals surface area (Å²) in [5.41, 5.74) is 2.80. The lowest BCUT2D eigenvalue weighted by molar-refractivity contribution is 0.104. The number of fused-ring (bicyclic) bond motifs is 1. The molecule has 0 bridgehead atoms. The highest BCUT2D eigenvalue weighted by atomic mass is 16.3. The zero-order valence-electron chi connectivity index (χ0n) is 11.2. The predicted octanol–water partition coefficient (Wildman–Crippen LogP) is 1.83. The maximum absolute atomic E-state index is 9.93. The summed E-state index contributed by atoms with van der Waals surface area (Å²) < 4.78 is 0. The number of aliphatic hydroxyl groups excluding tert-OH is 1. The second-order valence-corrected chi connectivity index (χ2v) is 5.45. The third kappa shape index (κ3) is 3.08. The lowest BCUT2D eigenvalue weighted by Gasteiger charge is -2.19. The van der Waals surface area contributed by atoms with Crippen molar-refractivity contribution in [1.82, 2.24) is 14.9 Å². The predicted molar refractivity (Wildman–Crippen MR) is 74.6 cm³/mol. The molecule has 1 aromatic heterocycles. The van der Waals surface area contributed by atoms with Crippen LogP contribution >= 0.6 is 0 Å². The number of rotatable bonds is 5. The number of hydrogen-bond acceptors (Lipinski definition) is 4. The van der Waals surface area contributed by atoms with E-state index in [0.717, 1.165) is 23.3 Å². The number of aliphatic hydroxyl groups is 1. The van der Waals surface area contributed by atoms with Crippen LogP contribution in [-0.2, 0) is 6.54 Å². The molecule has 0 amide bonds. The van der Waals surface area contributed by atoms with Gasteiger partial charge in [-0.3, -0.25) is 9.88 Å². The molecule has 1 fully saturated rings. The van der Waals surface area contributed by atoms with E-state index in [0.29, 0.717) is 12.5 Å². The molecular weight excluding hydrogens is 238 g/mol. The molecular formula is C15H19N3O. The third-order valence-electron chi connectivity index (χ3n) is 3.60. The second-order valence-electron chi connectivity index (χ2n) is 5.45. The molecule has 1 heterocycles. The zero-order chi connectivity index (χ0) is 13.2. The summed E-state index contributed by atoms with van der Waals surface area (Å²) in [6.45, 7) is 1.43. The highest BCUT2D eigenvalue weighted by Crippen LogP contribution is 2.32. The molecule has 19 heavy (non-hydrogen) atoms. The van der Waals surface area contributed by atoms with Gasteiger partial charge in [-0.1, -0.05) is 12.1 Å². The van der Waals surface area contributed by atoms with Crippen LogP contribution in [0.2, 0.25) is 0 Å². The van der Waals surface area contributed by atoms with E-state index in [1.165, 1.54) is 12.8 Å². The third-order valence-corrected chi connectivity index (χ3v) is 3.60. The lowest BCUT2D eigenvalue weighted by atomic mass is 10.2. The molecule has 3 rings (SSSR count). The van der Waals surface area contributed by atoms with Gasteiger partial charge in [0.25, 0.3) is 0 Å². The quantitative estimate of drug-likeness (QED) is 0.888. The van der Waals surface area contributed by atoms with Crippen LogP contribution < -0.4 is 0 Å². The van der Waals surface area contributed by atoms with Gasteiger partial charge in [0, 0.05) is 13.1 Å². The first kappa shape index (κ1) is 12.5. The fourth-order valence-electron chi connectivity index (χ4n) is 2.36. The summed E-state index contributed by atoms with van der Waals surface area (Å²) in [6, 6.07) is 7.88. The Bertz CT molecular complexity index is 568. The van der Waals surface area contributed by atoms with Gasteiger partial charge >= 0.3 is 0 Å². The zero-order valence-corrected chi connectivity index (χ0v) is 11.2. The van der Waals surface area contributed by atoms with Gasteiger partial charge in [0.05, 0.1) is 29.0 Å². The maximum Gasteiger partial charge on any atom is 0.0890 e. The summed E-state index contributed by atoms with van der Waals surface area (Å²) >= 11 is 0. The minimum absolute atomic E-state index is 0.196. The molecule has 1 aliphatic carbocycles. The van der Waals surface area contributed by atoms with Crippen molar-refractivity contribution in [2.45, 2.75) is 25.5 Å². The summed E-state index contributed by atoms with van der Waals surface area (Å²) in [6.07, 6.45) is 3.97. The minimum Gasteiger partial charge on any atom is -0.392 e. The van der Waals surface area contributed by atoms with Crippen LogP contribution in [0.25, 0.3) is 11.0 Å². The highest BCUT2D eigenvalue weighted by Gasteiger charge is 2.30. The smallest absolute Gasteiger partial charge is 0.0890 e. The molecule has 0 radical (unpaired) electrons. The SMILES string of the molecule is CN(Cc1cnc2ccccc2n1)CC(O)C1CC1. The first-order valence-corrected chi connectivity index (χ1v) is 6.79. The van der Waals surface area contributed by atoms with E-state index < -0.39 is 0 Å². The summed E-state index contributed by atoms with van der Waals surface area (Å²) in [7, 11) is 2.02. The average molecular weight is 257 g/mol. The van der Waals surface area contributed by atoms with E-state index in [2.05, 4.69) is 14.9 Å². The number of para-hydroxylation sites is 2. The Morgan fingerprint density at radius 2 is 2.05 bits per heavy atom. The molecule has 0 spiro atoms. The van der Waals surface area contributed by atoms with Crippen molar-refractivity contribution in [3.63, 3.8) is 0 Å². The average Bonchev–Trinajstić information content (AvgIpc) is 3.22. The molecule has 1 saturated carbocycles. The van der Waals surface area contributed by atoms with Gasteiger partial charge in [-0.15, -0.1) is 0 Å². The largest absolute Gasteiger partial charge is 0.392 e. The van der Waals surface area contributed by atoms with Gasteiger partial charge in [-0.2, -0.15) is 0 Å². The van der Waals surface area contributed by atoms with Crippen LogP contribution in [-0.4, -0.2) is 39.7 Å². The maximum atomic E-state index is 9.93. The van der Waals surface area contributed by atoms with E-state index in [1.54, 1.807) is 0 Å². The number of nitrogens with zero attached hydrogens (tertiary/aromatic N) is 3. The Balaban J connectivity index is 1.66. The van der Waals surface area contributed by atoms with Crippen molar-refractivity contribution >= 4 is 11.0 Å². The molecule has 2 aromatic rings. The normalized spacial score (nSPS) is 17.0. The first-order valence-electron chi connectivity index (χ1n) is 6.79. The van der Waals surface area contributed by atoms with Crippen molar-refractivity contribution < 1.29 is 5.11 Å². The molecule has 1 N–H and O–H groups in total. The van der Waals surface area contributed by atoms with Crippen molar-refractivity contribution in [3.8, 4) is 0 Å². The molecule has 0 aliphatic heterocycles. The van der Waals surface area contributed by atoms with Crippen molar-refractivity contribution in [2.75, 3.05) is 13.6 Å². The molecule has 0 saturated heterocycles. The van der Waals surface area contributed by atoms with Crippen LogP contribution in [0, 0.1) is 5.92 Å². The fraction of sp³-hybridized carbons (Fsp3) is 0.467. The van der Waals surface area contributed by atoms with E-state index in [4.69, 9.17) is 0 Å². The highest BCUT2D eigenvalue weighted by molar-refractivity contribution is 5.73. The van der Waals surface area contributed by atoms with Crippen LogP contribution in [0.1, 0.15) is 18.5 Å². The molecule has 4 nitrogen and oxygen atoms in total. The summed E-state index contributed by atoms with van der Waals surface area (Å²) in [4.78, 5) is 11.1. The summed E-state index contributed by atoms with van der Waals surface area (Å²) in [5, 5.41) is 9.93. The minimum atomic E-state index is -0.196. The number of likely N-dealkylation sites (N-methyl/N-ethyl adjacent to an activating group) is 1. The van der Waals surface area contributed by atoms with Crippen LogP contribution in [0.4, 0.5) is 0 Å². The standard InChI is InChI=1S/C15H19N3O/c1-18(10-15(19)11-6-7-11)9-12-8-16-13-4-2-3-5-14(13)17-12/h2-5,8,11,15,19H,6-7,9-10H2,1H3. The van der Waals surface area contributed by atoms with Crippen LogP contribution in [0.5, 0.6) is 0 Å². The molecule has 1 aromatic carbocycles. The number of benzene rings is 1. The Hall–Kier alpha value is -1.52. The van der Waals surface area contributed by atoms with Gasteiger partial charge in [-0.05, 0) is 37.9 Å². The van der Waals surface area contributed by atoms with E-state index in [1.807, 2.05) is 37.5 Å². The number of hydrogen-bond donors (Lipinski definition) is 1. The molecule has 1 atom stereocenters. The van der Waals surface area contributed by atoms with Crippen molar-refractivity contribution in [3.05, 3.63) is 36.2 Å². The fourth-order valence-corrected chi connectivity index (χ4v) is 2.36. The Morgan fingerprint density at radius 3 is 2.79 bits per heavy atom. The van der Waals surface area contributed by atoms with Crippen molar-refractivity contribution in [2.24, 2.45) is 5.92 Å². The van der Waals surface area contributed by atoms with Crippen LogP contribution in [0.15, 0.2) is 30.5 Å². The van der Waals surface area contributed by atoms with Gasteiger partial charge in [0.2, 0.25) is 0 Å². The Labute approximate surface area is 113 Å². The van der Waals surface area contributed by atoms with E-state index in [-0.39, 0.29) is 6.10 Å². The Morgan fingerprint density at radius 1 is 1.32 bits per heavy atom. The van der Waals surface area contributed by atoms with Gasteiger partial charge in [-0.25, -0.2) is 4.98 Å². The summed E-state index contributed by atoms with van der Waals surface area (Å²) in [5.74, 6) is 0.519. The molecule has 1 unspecified atom stereocenters. The monoisotopic (exact) mass is 257 g/mol. The lowest BCUT2D eigenvalue weighted by Crippen LogP contribution is -2.30. The van der Waals surface area contributed by atoms with Gasteiger partial charge in [0.15, 0.2) is 0 Å². The van der Waals surface area contributed by atoms with E-state index in [9.17, 15) is 5.11 Å². The second kappa shape index (κ2) is 5.23. The van der Waals surface area contributed by atoms with Gasteiger partial charge in [0.1, 0.15) is 0 Å². The molecule has 4 heteroatoms. The first-order chi connectivity index (χ1) is 9.22. The molecule has 1 aliphatic rings. The van der Waals surface area contributed by atoms with E-state index >= 15 is 0 Å². The Kier molecular flexibility index (Phi) is 3.44.